The second-order valence-electron chi connectivity index (χ2n) is 8.49. The molecule has 0 bridgehead atoms. The number of likely N-dealkylation sites (tertiary alicyclic amines) is 1. The highest BCUT2D eigenvalue weighted by atomic mass is 16.6. The van der Waals surface area contributed by atoms with Crippen LogP contribution in [0, 0.1) is 10.1 Å². The minimum Gasteiger partial charge on any atom is -0.468 e. The number of nitro benzene ring substituents is 1. The maximum atomic E-state index is 12.2. The molecule has 0 spiro atoms. The van der Waals surface area contributed by atoms with Crippen LogP contribution in [0.3, 0.4) is 0 Å². The van der Waals surface area contributed by atoms with Crippen molar-refractivity contribution < 1.29 is 19.2 Å². The predicted octanol–water partition coefficient (Wildman–Crippen LogP) is 4.46. The van der Waals surface area contributed by atoms with E-state index in [0.717, 1.165) is 12.0 Å². The molecule has 1 saturated heterocycles. The van der Waals surface area contributed by atoms with Crippen LogP contribution in [0.1, 0.15) is 44.7 Å². The number of hydrogen-bond donors (Lipinski definition) is 1. The molecule has 184 valence electrons. The van der Waals surface area contributed by atoms with Crippen LogP contribution in [0.5, 0.6) is 5.75 Å². The Kier molecular flexibility index (Phi) is 7.40. The second-order valence-corrected chi connectivity index (χ2v) is 8.49. The standard InChI is InChI=1S/C25H29N5O5/c1-4-23(29-12-8-11-20(29)25(31)34-3)35-22-14-19-18(13-21(22)30(32)33)24(27-15-26-19)28-16(2)17-9-6-5-7-10-17/h5-7,9-10,13-16,20,23H,4,8,11-12H2,1-3H3,(H,26,27,28). The third-order valence-corrected chi connectivity index (χ3v) is 6.32. The summed E-state index contributed by atoms with van der Waals surface area (Å²) in [6.45, 7) is 4.56. The number of esters is 1. The van der Waals surface area contributed by atoms with E-state index in [4.69, 9.17) is 9.47 Å². The molecule has 0 amide bonds. The fourth-order valence-electron chi connectivity index (χ4n) is 4.51. The van der Waals surface area contributed by atoms with Crippen molar-refractivity contribution >= 4 is 28.4 Å². The molecule has 3 unspecified atom stereocenters. The van der Waals surface area contributed by atoms with Gasteiger partial charge in [0.05, 0.1) is 17.5 Å². The first-order valence-electron chi connectivity index (χ1n) is 11.7. The molecule has 1 fully saturated rings. The van der Waals surface area contributed by atoms with Crippen LogP contribution >= 0.6 is 0 Å². The number of benzene rings is 2. The Balaban J connectivity index is 1.67. The van der Waals surface area contributed by atoms with Gasteiger partial charge in [0.2, 0.25) is 5.75 Å². The number of nitrogens with zero attached hydrogens (tertiary/aromatic N) is 4. The Hall–Kier alpha value is -3.79. The molecule has 3 atom stereocenters. The molecular weight excluding hydrogens is 450 g/mol. The molecular formula is C25H29N5O5. The third-order valence-electron chi connectivity index (χ3n) is 6.32. The van der Waals surface area contributed by atoms with Gasteiger partial charge in [-0.15, -0.1) is 0 Å². The van der Waals surface area contributed by atoms with Crippen LogP contribution in [0.25, 0.3) is 10.9 Å². The zero-order valence-electron chi connectivity index (χ0n) is 20.0. The number of aromatic nitrogens is 2. The number of fused-ring (bicyclic) bond motifs is 1. The van der Waals surface area contributed by atoms with Gasteiger partial charge in [-0.05, 0) is 31.7 Å². The van der Waals surface area contributed by atoms with E-state index in [1.807, 2.05) is 49.1 Å². The molecule has 2 heterocycles. The highest BCUT2D eigenvalue weighted by Gasteiger charge is 2.37. The largest absolute Gasteiger partial charge is 0.468 e. The van der Waals surface area contributed by atoms with Gasteiger partial charge in [0.25, 0.3) is 0 Å². The summed E-state index contributed by atoms with van der Waals surface area (Å²) in [5.74, 6) is 0.275. The second kappa shape index (κ2) is 10.6. The van der Waals surface area contributed by atoms with Crippen LogP contribution in [-0.4, -0.2) is 51.7 Å². The zero-order chi connectivity index (χ0) is 24.9. The maximum Gasteiger partial charge on any atom is 0.323 e. The van der Waals surface area contributed by atoms with E-state index in [-0.39, 0.29) is 23.4 Å². The Bertz CT molecular complexity index is 1210. The average molecular weight is 480 g/mol. The quantitative estimate of drug-likeness (QED) is 0.269. The SMILES string of the molecule is CCC(Oc1cc2ncnc(NC(C)c3ccccc3)c2cc1[N+](=O)[O-])N1CCCC1C(=O)OC. The minimum atomic E-state index is -0.518. The Labute approximate surface area is 203 Å². The highest BCUT2D eigenvalue weighted by Crippen LogP contribution is 2.36. The van der Waals surface area contributed by atoms with Crippen molar-refractivity contribution in [1.29, 1.82) is 0 Å². The molecule has 3 aromatic rings. The molecule has 0 radical (unpaired) electrons. The molecule has 0 saturated carbocycles. The first kappa shape index (κ1) is 24.3. The first-order chi connectivity index (χ1) is 16.9. The van der Waals surface area contributed by atoms with Gasteiger partial charge in [-0.2, -0.15) is 0 Å². The van der Waals surface area contributed by atoms with E-state index in [0.29, 0.717) is 36.1 Å². The number of nitro groups is 1. The van der Waals surface area contributed by atoms with Crippen molar-refractivity contribution in [3.8, 4) is 5.75 Å². The van der Waals surface area contributed by atoms with Gasteiger partial charge in [-0.25, -0.2) is 9.97 Å². The van der Waals surface area contributed by atoms with Crippen LogP contribution in [0.15, 0.2) is 48.8 Å². The number of nitrogens with one attached hydrogen (secondary N) is 1. The highest BCUT2D eigenvalue weighted by molar-refractivity contribution is 5.92. The van der Waals surface area contributed by atoms with Gasteiger partial charge >= 0.3 is 11.7 Å². The van der Waals surface area contributed by atoms with Crippen LogP contribution in [0.2, 0.25) is 0 Å². The average Bonchev–Trinajstić information content (AvgIpc) is 3.36. The predicted molar refractivity (Wildman–Crippen MR) is 131 cm³/mol. The minimum absolute atomic E-state index is 0.0702. The van der Waals surface area contributed by atoms with Crippen LogP contribution < -0.4 is 10.1 Å². The summed E-state index contributed by atoms with van der Waals surface area (Å²) in [6, 6.07) is 12.4. The van der Waals surface area contributed by atoms with E-state index >= 15 is 0 Å². The molecule has 35 heavy (non-hydrogen) atoms. The van der Waals surface area contributed by atoms with Crippen LogP contribution in [-0.2, 0) is 9.53 Å². The molecule has 10 heteroatoms. The number of hydrogen-bond acceptors (Lipinski definition) is 9. The molecule has 0 aliphatic carbocycles. The maximum absolute atomic E-state index is 12.2. The normalized spacial score (nSPS) is 17.6. The smallest absolute Gasteiger partial charge is 0.323 e. The third kappa shape index (κ3) is 5.17. The molecule has 2 aromatic carbocycles. The monoisotopic (exact) mass is 479 g/mol. The topological polar surface area (TPSA) is 120 Å². The van der Waals surface area contributed by atoms with Crippen molar-refractivity contribution in [3.05, 3.63) is 64.5 Å². The van der Waals surface area contributed by atoms with Crippen molar-refractivity contribution in [3.63, 3.8) is 0 Å². The van der Waals surface area contributed by atoms with Crippen molar-refractivity contribution in [2.24, 2.45) is 0 Å². The lowest BCUT2D eigenvalue weighted by Gasteiger charge is -2.31. The van der Waals surface area contributed by atoms with Gasteiger partial charge in [0.15, 0.2) is 6.23 Å². The summed E-state index contributed by atoms with van der Waals surface area (Å²) in [5, 5.41) is 15.9. The lowest BCUT2D eigenvalue weighted by atomic mass is 10.1. The number of ether oxygens (including phenoxy) is 2. The Morgan fingerprint density at radius 3 is 2.74 bits per heavy atom. The van der Waals surface area contributed by atoms with E-state index in [1.54, 1.807) is 6.07 Å². The summed E-state index contributed by atoms with van der Waals surface area (Å²) < 4.78 is 11.1. The van der Waals surface area contributed by atoms with Gasteiger partial charge in [0, 0.05) is 30.1 Å². The van der Waals surface area contributed by atoms with Crippen LogP contribution in [0.4, 0.5) is 11.5 Å². The summed E-state index contributed by atoms with van der Waals surface area (Å²) >= 11 is 0. The molecule has 1 aromatic heterocycles. The van der Waals surface area contributed by atoms with Crippen molar-refractivity contribution in [2.45, 2.75) is 51.4 Å². The number of anilines is 1. The summed E-state index contributed by atoms with van der Waals surface area (Å²) in [6.07, 6.45) is 2.92. The number of rotatable bonds is 9. The Morgan fingerprint density at radius 1 is 1.29 bits per heavy atom. The number of carbonyl (C=O) groups excluding carboxylic acids is 1. The summed E-state index contributed by atoms with van der Waals surface area (Å²) in [5.41, 5.74) is 1.39. The molecule has 10 nitrogen and oxygen atoms in total. The fraction of sp³-hybridized carbons (Fsp3) is 0.400. The van der Waals surface area contributed by atoms with Crippen molar-refractivity contribution in [1.82, 2.24) is 14.9 Å². The number of carbonyl (C=O) groups is 1. The first-order valence-corrected chi connectivity index (χ1v) is 11.7. The molecule has 1 aliphatic rings. The Morgan fingerprint density at radius 2 is 2.06 bits per heavy atom. The number of methoxy groups -OCH3 is 1. The zero-order valence-corrected chi connectivity index (χ0v) is 20.0. The van der Waals surface area contributed by atoms with Crippen molar-refractivity contribution in [2.75, 3.05) is 19.0 Å². The lowest BCUT2D eigenvalue weighted by Crippen LogP contribution is -2.46. The van der Waals surface area contributed by atoms with E-state index < -0.39 is 17.2 Å². The van der Waals surface area contributed by atoms with Gasteiger partial charge in [0.1, 0.15) is 18.2 Å². The van der Waals surface area contributed by atoms with E-state index in [1.165, 1.54) is 19.5 Å². The van der Waals surface area contributed by atoms with Gasteiger partial charge < -0.3 is 14.8 Å². The molecule has 4 rings (SSSR count). The summed E-state index contributed by atoms with van der Waals surface area (Å²) in [7, 11) is 1.36. The fourth-order valence-corrected chi connectivity index (χ4v) is 4.51. The van der Waals surface area contributed by atoms with E-state index in [9.17, 15) is 14.9 Å². The van der Waals surface area contributed by atoms with E-state index in [2.05, 4.69) is 15.3 Å². The lowest BCUT2D eigenvalue weighted by molar-refractivity contribution is -0.386. The van der Waals surface area contributed by atoms with Gasteiger partial charge in [-0.3, -0.25) is 19.8 Å². The summed E-state index contributed by atoms with van der Waals surface area (Å²) in [4.78, 5) is 34.3. The molecule has 1 N–H and O–H groups in total. The molecule has 1 aliphatic heterocycles. The van der Waals surface area contributed by atoms with Gasteiger partial charge in [-0.1, -0.05) is 37.3 Å².